The maximum Gasteiger partial charge on any atom is 0.345 e. The summed E-state index contributed by atoms with van der Waals surface area (Å²) in [7, 11) is 1.61. The topological polar surface area (TPSA) is 94.4 Å². The maximum atomic E-state index is 11.7. The number of carbonyl (C=O) groups excluding carboxylic acids is 1. The average Bonchev–Trinajstić information content (AvgIpc) is 2.96. The van der Waals surface area contributed by atoms with Crippen LogP contribution < -0.4 is 10.1 Å². The summed E-state index contributed by atoms with van der Waals surface area (Å²) in [6.07, 6.45) is 2.93. The molecule has 1 amide bonds. The van der Waals surface area contributed by atoms with Gasteiger partial charge in [-0.2, -0.15) is 0 Å². The maximum absolute atomic E-state index is 11.7. The highest BCUT2D eigenvalue weighted by atomic mass is 32.1. The van der Waals surface area contributed by atoms with Crippen LogP contribution in [0.2, 0.25) is 0 Å². The minimum absolute atomic E-state index is 0.0893. The monoisotopic (exact) mass is 321 g/mol. The van der Waals surface area contributed by atoms with Crippen LogP contribution in [0.5, 0.6) is 5.75 Å². The van der Waals surface area contributed by atoms with E-state index in [0.717, 1.165) is 35.3 Å². The molecule has 0 aliphatic carbocycles. The molecular weight excluding hydrogens is 306 g/mol. The van der Waals surface area contributed by atoms with Crippen molar-refractivity contribution in [3.8, 4) is 5.75 Å². The van der Waals surface area contributed by atoms with E-state index in [4.69, 9.17) is 4.74 Å². The number of nitrogens with one attached hydrogen (secondary N) is 1. The van der Waals surface area contributed by atoms with Gasteiger partial charge in [-0.25, -0.2) is 4.98 Å². The molecule has 2 rings (SSSR count). The summed E-state index contributed by atoms with van der Waals surface area (Å²) in [5.74, 6) is 0.601. The molecule has 1 aromatic heterocycles. The van der Waals surface area contributed by atoms with Gasteiger partial charge in [-0.3, -0.25) is 14.9 Å². The van der Waals surface area contributed by atoms with Gasteiger partial charge in [0.15, 0.2) is 5.13 Å². The zero-order valence-electron chi connectivity index (χ0n) is 11.9. The van der Waals surface area contributed by atoms with Crippen LogP contribution in [0.4, 0.5) is 10.1 Å². The van der Waals surface area contributed by atoms with Crippen molar-refractivity contribution >= 4 is 27.4 Å². The number of aryl methyl sites for hydroxylation is 1. The van der Waals surface area contributed by atoms with E-state index in [2.05, 4.69) is 10.3 Å². The second-order valence-electron chi connectivity index (χ2n) is 4.51. The third-order valence-electron chi connectivity index (χ3n) is 2.95. The summed E-state index contributed by atoms with van der Waals surface area (Å²) < 4.78 is 5.08. The zero-order valence-corrected chi connectivity index (χ0v) is 12.8. The molecule has 0 aliphatic heterocycles. The number of hydrogen-bond acceptors (Lipinski definition) is 6. The molecule has 0 spiro atoms. The van der Waals surface area contributed by atoms with Crippen molar-refractivity contribution in [2.24, 2.45) is 0 Å². The van der Waals surface area contributed by atoms with Crippen LogP contribution >= 0.6 is 11.3 Å². The van der Waals surface area contributed by atoms with Crippen LogP contribution in [0.1, 0.15) is 18.4 Å². The van der Waals surface area contributed by atoms with Crippen LogP contribution in [0.3, 0.4) is 0 Å². The van der Waals surface area contributed by atoms with Gasteiger partial charge in [0.25, 0.3) is 0 Å². The van der Waals surface area contributed by atoms with E-state index in [-0.39, 0.29) is 16.0 Å². The number of thiazole rings is 1. The average molecular weight is 321 g/mol. The van der Waals surface area contributed by atoms with Gasteiger partial charge in [-0.1, -0.05) is 12.1 Å². The first-order valence-electron chi connectivity index (χ1n) is 6.61. The summed E-state index contributed by atoms with van der Waals surface area (Å²) in [6, 6.07) is 7.68. The fourth-order valence-electron chi connectivity index (χ4n) is 1.83. The van der Waals surface area contributed by atoms with Crippen molar-refractivity contribution in [2.75, 3.05) is 12.4 Å². The summed E-state index contributed by atoms with van der Waals surface area (Å²) >= 11 is 0.847. The minimum atomic E-state index is -0.531. The van der Waals surface area contributed by atoms with Gasteiger partial charge < -0.3 is 10.1 Å². The second kappa shape index (κ2) is 7.51. The molecule has 0 saturated heterocycles. The molecule has 1 heterocycles. The van der Waals surface area contributed by atoms with E-state index in [1.807, 2.05) is 24.3 Å². The molecule has 116 valence electrons. The third kappa shape index (κ3) is 4.52. The molecule has 1 aromatic carbocycles. The Hall–Kier alpha value is -2.48. The Bertz CT molecular complexity index is 654. The number of nitrogens with zero attached hydrogens (tertiary/aromatic N) is 2. The van der Waals surface area contributed by atoms with Gasteiger partial charge in [0.2, 0.25) is 5.91 Å². The molecule has 8 heteroatoms. The zero-order chi connectivity index (χ0) is 15.9. The smallest absolute Gasteiger partial charge is 0.345 e. The molecule has 1 N–H and O–H groups in total. The van der Waals surface area contributed by atoms with Crippen LogP contribution in [0.25, 0.3) is 0 Å². The summed E-state index contributed by atoms with van der Waals surface area (Å²) in [4.78, 5) is 25.5. The number of aromatic nitrogens is 1. The number of benzene rings is 1. The summed E-state index contributed by atoms with van der Waals surface area (Å²) in [5.41, 5.74) is 1.12. The number of amides is 1. The number of carbonyl (C=O) groups is 1. The number of rotatable bonds is 7. The largest absolute Gasteiger partial charge is 0.497 e. The first-order valence-corrected chi connectivity index (χ1v) is 7.43. The second-order valence-corrected chi connectivity index (χ2v) is 5.52. The standard InChI is InChI=1S/C14H15N3O4S/c1-21-11-7-5-10(6-8-11)3-2-4-12(18)16-14-15-9-13(22-14)17(19)20/h5-9H,2-4H2,1H3,(H,15,16,18). The minimum Gasteiger partial charge on any atom is -0.497 e. The fraction of sp³-hybridized carbons (Fsp3) is 0.286. The van der Waals surface area contributed by atoms with E-state index >= 15 is 0 Å². The molecule has 0 unspecified atom stereocenters. The summed E-state index contributed by atoms with van der Waals surface area (Å²) in [5, 5.41) is 13.3. The molecular formula is C14H15N3O4S. The van der Waals surface area contributed by atoms with Crippen molar-refractivity contribution in [1.82, 2.24) is 4.98 Å². The van der Waals surface area contributed by atoms with Gasteiger partial charge >= 0.3 is 5.00 Å². The first kappa shape index (κ1) is 15.9. The highest BCUT2D eigenvalue weighted by Crippen LogP contribution is 2.25. The Labute approximate surface area is 131 Å². The lowest BCUT2D eigenvalue weighted by molar-refractivity contribution is -0.380. The number of hydrogen-bond donors (Lipinski definition) is 1. The van der Waals surface area contributed by atoms with Crippen molar-refractivity contribution in [1.29, 1.82) is 0 Å². The van der Waals surface area contributed by atoms with Gasteiger partial charge in [0.05, 0.1) is 12.0 Å². The third-order valence-corrected chi connectivity index (χ3v) is 3.81. The molecule has 0 fully saturated rings. The van der Waals surface area contributed by atoms with Crippen molar-refractivity contribution < 1.29 is 14.5 Å². The predicted molar refractivity (Wildman–Crippen MR) is 83.3 cm³/mol. The molecule has 0 saturated carbocycles. The Morgan fingerprint density at radius 3 is 2.73 bits per heavy atom. The Morgan fingerprint density at radius 2 is 2.14 bits per heavy atom. The van der Waals surface area contributed by atoms with E-state index in [0.29, 0.717) is 12.8 Å². The van der Waals surface area contributed by atoms with Crippen molar-refractivity contribution in [3.05, 3.63) is 46.1 Å². The Morgan fingerprint density at radius 1 is 1.41 bits per heavy atom. The Kier molecular flexibility index (Phi) is 5.42. The number of anilines is 1. The lowest BCUT2D eigenvalue weighted by Gasteiger charge is -2.04. The Balaban J connectivity index is 1.76. The van der Waals surface area contributed by atoms with Gasteiger partial charge in [0, 0.05) is 6.42 Å². The number of ether oxygens (including phenoxy) is 1. The van der Waals surface area contributed by atoms with Crippen molar-refractivity contribution in [2.45, 2.75) is 19.3 Å². The predicted octanol–water partition coefficient (Wildman–Crippen LogP) is 3.02. The molecule has 0 bridgehead atoms. The summed E-state index contributed by atoms with van der Waals surface area (Å²) in [6.45, 7) is 0. The number of nitro groups is 1. The van der Waals surface area contributed by atoms with E-state index in [9.17, 15) is 14.9 Å². The van der Waals surface area contributed by atoms with E-state index in [1.165, 1.54) is 0 Å². The van der Waals surface area contributed by atoms with Crippen molar-refractivity contribution in [3.63, 3.8) is 0 Å². The normalized spacial score (nSPS) is 10.2. The highest BCUT2D eigenvalue weighted by Gasteiger charge is 2.13. The molecule has 0 atom stereocenters. The molecule has 22 heavy (non-hydrogen) atoms. The van der Waals surface area contributed by atoms with Crippen LogP contribution in [-0.2, 0) is 11.2 Å². The molecule has 2 aromatic rings. The van der Waals surface area contributed by atoms with E-state index in [1.54, 1.807) is 7.11 Å². The lowest BCUT2D eigenvalue weighted by atomic mass is 10.1. The fourth-order valence-corrected chi connectivity index (χ4v) is 2.48. The van der Waals surface area contributed by atoms with Gasteiger partial charge in [-0.05, 0) is 41.9 Å². The van der Waals surface area contributed by atoms with Crippen LogP contribution in [0, 0.1) is 10.1 Å². The van der Waals surface area contributed by atoms with E-state index < -0.39 is 4.92 Å². The first-order chi connectivity index (χ1) is 10.6. The quantitative estimate of drug-likeness (QED) is 0.625. The lowest BCUT2D eigenvalue weighted by Crippen LogP contribution is -2.11. The molecule has 0 aliphatic rings. The number of methoxy groups -OCH3 is 1. The SMILES string of the molecule is COc1ccc(CCCC(=O)Nc2ncc([N+](=O)[O-])s2)cc1. The van der Waals surface area contributed by atoms with Crippen LogP contribution in [-0.4, -0.2) is 22.9 Å². The van der Waals surface area contributed by atoms with Crippen LogP contribution in [0.15, 0.2) is 30.5 Å². The molecule has 7 nitrogen and oxygen atoms in total. The van der Waals surface area contributed by atoms with Gasteiger partial charge in [-0.15, -0.1) is 0 Å². The van der Waals surface area contributed by atoms with Gasteiger partial charge in [0.1, 0.15) is 11.9 Å². The highest BCUT2D eigenvalue weighted by molar-refractivity contribution is 7.18. The molecule has 0 radical (unpaired) electrons.